The fourth-order valence-corrected chi connectivity index (χ4v) is 2.17. The van der Waals surface area contributed by atoms with Gasteiger partial charge in [0.1, 0.15) is 0 Å². The van der Waals surface area contributed by atoms with E-state index in [1.165, 1.54) is 0 Å². The van der Waals surface area contributed by atoms with Crippen molar-refractivity contribution in [3.63, 3.8) is 0 Å². The number of carbonyl (C=O) groups excluding carboxylic acids is 1. The van der Waals surface area contributed by atoms with Crippen LogP contribution >= 0.6 is 0 Å². The molecule has 0 spiro atoms. The van der Waals surface area contributed by atoms with Crippen LogP contribution in [0.5, 0.6) is 0 Å². The second kappa shape index (κ2) is 7.07. The van der Waals surface area contributed by atoms with Crippen molar-refractivity contribution in [2.45, 2.75) is 32.2 Å². The quantitative estimate of drug-likeness (QED) is 0.698. The average molecular weight is 257 g/mol. The van der Waals surface area contributed by atoms with Gasteiger partial charge in [-0.1, -0.05) is 0 Å². The van der Waals surface area contributed by atoms with Gasteiger partial charge >= 0.3 is 0 Å². The maximum Gasteiger partial charge on any atom is 0.220 e. The SMILES string of the molecule is CN1CCN(C(C)(C)CNC(=O)CCCO)CC1. The number of rotatable bonds is 6. The summed E-state index contributed by atoms with van der Waals surface area (Å²) in [4.78, 5) is 16.3. The number of nitrogens with zero attached hydrogens (tertiary/aromatic N) is 2. The van der Waals surface area contributed by atoms with Crippen molar-refractivity contribution in [2.75, 3.05) is 46.4 Å². The van der Waals surface area contributed by atoms with Crippen LogP contribution < -0.4 is 5.32 Å². The number of hydrogen-bond donors (Lipinski definition) is 2. The number of amides is 1. The normalized spacial score (nSPS) is 18.9. The minimum atomic E-state index is -0.00383. The van der Waals surface area contributed by atoms with Crippen molar-refractivity contribution >= 4 is 5.91 Å². The molecule has 0 aliphatic carbocycles. The van der Waals surface area contributed by atoms with Crippen LogP contribution in [0, 0.1) is 0 Å². The number of aliphatic hydroxyl groups excluding tert-OH is 1. The Labute approximate surface area is 110 Å². The molecule has 106 valence electrons. The molecule has 1 aliphatic heterocycles. The van der Waals surface area contributed by atoms with E-state index in [1.807, 2.05) is 0 Å². The Morgan fingerprint density at radius 3 is 2.44 bits per heavy atom. The van der Waals surface area contributed by atoms with Crippen LogP contribution in [-0.4, -0.2) is 72.7 Å². The molecule has 1 amide bonds. The predicted octanol–water partition coefficient (Wildman–Crippen LogP) is -0.0989. The first-order valence-corrected chi connectivity index (χ1v) is 6.77. The zero-order chi connectivity index (χ0) is 13.6. The summed E-state index contributed by atoms with van der Waals surface area (Å²) in [5, 5.41) is 11.6. The van der Waals surface area contributed by atoms with Crippen LogP contribution in [0.15, 0.2) is 0 Å². The van der Waals surface area contributed by atoms with Gasteiger partial charge in [0.2, 0.25) is 5.91 Å². The maximum absolute atomic E-state index is 11.5. The van der Waals surface area contributed by atoms with E-state index in [9.17, 15) is 4.79 Å². The second-order valence-electron chi connectivity index (χ2n) is 5.71. The monoisotopic (exact) mass is 257 g/mol. The van der Waals surface area contributed by atoms with Gasteiger partial charge in [0.15, 0.2) is 0 Å². The molecule has 1 rings (SSSR count). The summed E-state index contributed by atoms with van der Waals surface area (Å²) in [7, 11) is 2.14. The lowest BCUT2D eigenvalue weighted by molar-refractivity contribution is -0.122. The molecule has 0 unspecified atom stereocenters. The Hall–Kier alpha value is -0.650. The van der Waals surface area contributed by atoms with Crippen LogP contribution in [0.25, 0.3) is 0 Å². The molecule has 1 heterocycles. The molecular weight excluding hydrogens is 230 g/mol. The summed E-state index contributed by atoms with van der Waals surface area (Å²) in [5.74, 6) is 0.0336. The number of nitrogens with one attached hydrogen (secondary N) is 1. The summed E-state index contributed by atoms with van der Waals surface area (Å²) in [6.45, 7) is 9.36. The smallest absolute Gasteiger partial charge is 0.220 e. The van der Waals surface area contributed by atoms with E-state index >= 15 is 0 Å². The average Bonchev–Trinajstić information content (AvgIpc) is 2.34. The van der Waals surface area contributed by atoms with Crippen LogP contribution in [0.1, 0.15) is 26.7 Å². The lowest BCUT2D eigenvalue weighted by atomic mass is 10.0. The third-order valence-electron chi connectivity index (χ3n) is 3.64. The molecule has 0 aromatic heterocycles. The van der Waals surface area contributed by atoms with Gasteiger partial charge in [-0.25, -0.2) is 0 Å². The number of piperazine rings is 1. The van der Waals surface area contributed by atoms with Gasteiger partial charge in [-0.3, -0.25) is 9.69 Å². The first kappa shape index (κ1) is 15.4. The van der Waals surface area contributed by atoms with Crippen molar-refractivity contribution in [1.82, 2.24) is 15.1 Å². The highest BCUT2D eigenvalue weighted by atomic mass is 16.3. The van der Waals surface area contributed by atoms with Gasteiger partial charge in [-0.05, 0) is 27.3 Å². The Morgan fingerprint density at radius 1 is 1.28 bits per heavy atom. The van der Waals surface area contributed by atoms with E-state index < -0.39 is 0 Å². The number of aliphatic hydroxyl groups is 1. The molecule has 0 saturated carbocycles. The fraction of sp³-hybridized carbons (Fsp3) is 0.923. The van der Waals surface area contributed by atoms with Crippen molar-refractivity contribution < 1.29 is 9.90 Å². The summed E-state index contributed by atoms with van der Waals surface area (Å²) < 4.78 is 0. The Kier molecular flexibility index (Phi) is 6.05. The molecule has 5 heteroatoms. The van der Waals surface area contributed by atoms with Crippen LogP contribution in [-0.2, 0) is 4.79 Å². The van der Waals surface area contributed by atoms with E-state index in [4.69, 9.17) is 5.11 Å². The lowest BCUT2D eigenvalue weighted by Gasteiger charge is -2.43. The minimum Gasteiger partial charge on any atom is -0.396 e. The van der Waals surface area contributed by atoms with Crippen molar-refractivity contribution in [3.05, 3.63) is 0 Å². The summed E-state index contributed by atoms with van der Waals surface area (Å²) in [5.41, 5.74) is -0.00383. The molecule has 0 aromatic rings. The molecule has 1 aliphatic rings. The molecule has 2 N–H and O–H groups in total. The van der Waals surface area contributed by atoms with Gasteiger partial charge < -0.3 is 15.3 Å². The Morgan fingerprint density at radius 2 is 1.89 bits per heavy atom. The van der Waals surface area contributed by atoms with Gasteiger partial charge in [0, 0.05) is 51.3 Å². The van der Waals surface area contributed by atoms with Crippen LogP contribution in [0.3, 0.4) is 0 Å². The third kappa shape index (κ3) is 4.92. The minimum absolute atomic E-state index is 0.00383. The predicted molar refractivity (Wildman–Crippen MR) is 72.5 cm³/mol. The van der Waals surface area contributed by atoms with Crippen LogP contribution in [0.4, 0.5) is 0 Å². The summed E-state index contributed by atoms with van der Waals surface area (Å²) in [6, 6.07) is 0. The zero-order valence-electron chi connectivity index (χ0n) is 11.9. The van der Waals surface area contributed by atoms with Crippen molar-refractivity contribution in [3.8, 4) is 0 Å². The largest absolute Gasteiger partial charge is 0.396 e. The molecule has 0 radical (unpaired) electrons. The zero-order valence-corrected chi connectivity index (χ0v) is 11.9. The van der Waals surface area contributed by atoms with Gasteiger partial charge in [0.05, 0.1) is 0 Å². The fourth-order valence-electron chi connectivity index (χ4n) is 2.17. The number of hydrogen-bond acceptors (Lipinski definition) is 4. The molecular formula is C13H27N3O2. The van der Waals surface area contributed by atoms with Crippen molar-refractivity contribution in [1.29, 1.82) is 0 Å². The molecule has 0 aromatic carbocycles. The summed E-state index contributed by atoms with van der Waals surface area (Å²) in [6.07, 6.45) is 0.954. The van der Waals surface area contributed by atoms with Gasteiger partial charge in [0.25, 0.3) is 0 Å². The molecule has 1 saturated heterocycles. The number of likely N-dealkylation sites (N-methyl/N-ethyl adjacent to an activating group) is 1. The highest BCUT2D eigenvalue weighted by molar-refractivity contribution is 5.75. The van der Waals surface area contributed by atoms with Crippen molar-refractivity contribution in [2.24, 2.45) is 0 Å². The van der Waals surface area contributed by atoms with Gasteiger partial charge in [-0.2, -0.15) is 0 Å². The third-order valence-corrected chi connectivity index (χ3v) is 3.64. The standard InChI is InChI=1S/C13H27N3O2/c1-13(2,11-14-12(18)5-4-10-17)16-8-6-15(3)7-9-16/h17H,4-11H2,1-3H3,(H,14,18). The highest BCUT2D eigenvalue weighted by Crippen LogP contribution is 2.15. The van der Waals surface area contributed by atoms with E-state index in [2.05, 4.69) is 36.0 Å². The highest BCUT2D eigenvalue weighted by Gasteiger charge is 2.29. The van der Waals surface area contributed by atoms with E-state index in [0.29, 0.717) is 19.4 Å². The molecule has 0 bridgehead atoms. The first-order chi connectivity index (χ1) is 8.45. The topological polar surface area (TPSA) is 55.8 Å². The summed E-state index contributed by atoms with van der Waals surface area (Å²) >= 11 is 0. The molecule has 18 heavy (non-hydrogen) atoms. The maximum atomic E-state index is 11.5. The lowest BCUT2D eigenvalue weighted by Crippen LogP contribution is -2.57. The van der Waals surface area contributed by atoms with Crippen LogP contribution in [0.2, 0.25) is 0 Å². The van der Waals surface area contributed by atoms with Gasteiger partial charge in [-0.15, -0.1) is 0 Å². The number of carbonyl (C=O) groups is 1. The molecule has 1 fully saturated rings. The van der Waals surface area contributed by atoms with E-state index in [0.717, 1.165) is 26.2 Å². The Balaban J connectivity index is 2.32. The van der Waals surface area contributed by atoms with E-state index in [1.54, 1.807) is 0 Å². The van der Waals surface area contributed by atoms with E-state index in [-0.39, 0.29) is 18.1 Å². The second-order valence-corrected chi connectivity index (χ2v) is 5.71. The Bertz CT molecular complexity index is 261. The first-order valence-electron chi connectivity index (χ1n) is 6.77. The molecule has 0 atom stereocenters. The molecule has 5 nitrogen and oxygen atoms in total.